The van der Waals surface area contributed by atoms with Crippen LogP contribution in [0.5, 0.6) is 0 Å². The van der Waals surface area contributed by atoms with E-state index in [-0.39, 0.29) is 5.91 Å². The van der Waals surface area contributed by atoms with Gasteiger partial charge in [0, 0.05) is 30.9 Å². The molecule has 0 saturated heterocycles. The van der Waals surface area contributed by atoms with E-state index in [0.29, 0.717) is 36.8 Å². The van der Waals surface area contributed by atoms with Gasteiger partial charge in [-0.2, -0.15) is 0 Å². The number of fused-ring (bicyclic) bond motifs is 4. The fraction of sp³-hybridized carbons (Fsp3) is 0.419. The monoisotopic (exact) mass is 500 g/mol. The third-order valence-corrected chi connectivity index (χ3v) is 6.94. The first kappa shape index (κ1) is 26.8. The predicted molar refractivity (Wildman–Crippen MR) is 150 cm³/mol. The Labute approximate surface area is 220 Å². The lowest BCUT2D eigenvalue weighted by Gasteiger charge is -2.25. The van der Waals surface area contributed by atoms with Gasteiger partial charge >= 0.3 is 0 Å². The van der Waals surface area contributed by atoms with Crippen LogP contribution in [0, 0.1) is 6.92 Å². The largest absolute Gasteiger partial charge is 0.390 e. The van der Waals surface area contributed by atoms with Crippen molar-refractivity contribution in [2.24, 2.45) is 0 Å². The van der Waals surface area contributed by atoms with E-state index in [1.165, 1.54) is 16.7 Å². The molecule has 1 aromatic heterocycles. The minimum absolute atomic E-state index is 0.201. The molecule has 0 fully saturated rings. The number of rotatable bonds is 6. The molecule has 2 aromatic carbocycles. The number of aryl methyl sites for hydroxylation is 2. The van der Waals surface area contributed by atoms with Crippen LogP contribution >= 0.6 is 0 Å². The van der Waals surface area contributed by atoms with Gasteiger partial charge in [0.2, 0.25) is 0 Å². The Kier molecular flexibility index (Phi) is 9.31. The summed E-state index contributed by atoms with van der Waals surface area (Å²) in [6.07, 6.45) is 2.89. The van der Waals surface area contributed by atoms with E-state index in [1.807, 2.05) is 6.92 Å². The number of nitrogens with one attached hydrogen (secondary N) is 3. The Morgan fingerprint density at radius 2 is 1.86 bits per heavy atom. The maximum atomic E-state index is 13.3. The van der Waals surface area contributed by atoms with Crippen molar-refractivity contribution in [1.82, 2.24) is 15.6 Å². The van der Waals surface area contributed by atoms with Crippen LogP contribution in [0.2, 0.25) is 0 Å². The molecule has 196 valence electrons. The highest BCUT2D eigenvalue weighted by Gasteiger charge is 2.23. The van der Waals surface area contributed by atoms with Crippen LogP contribution in [-0.4, -0.2) is 41.2 Å². The number of pyridine rings is 1. The number of carbonyl (C=O) groups excluding carboxylic acids is 1. The lowest BCUT2D eigenvalue weighted by molar-refractivity contribution is 0.0830. The molecular formula is C31H40N4O2. The first-order chi connectivity index (χ1) is 17.9. The number of anilines is 1. The SMILES string of the molecule is Cc1cc2cc(n1)NCCCCc1cccc(c1)C[C@@H]([C@H](O)CNCc1cccc(C(C)C)c1)NC2=O. The zero-order valence-electron chi connectivity index (χ0n) is 22.3. The number of hydrogen-bond donors (Lipinski definition) is 4. The lowest BCUT2D eigenvalue weighted by atomic mass is 9.97. The highest BCUT2D eigenvalue weighted by molar-refractivity contribution is 5.95. The molecule has 2 atom stereocenters. The van der Waals surface area contributed by atoms with Crippen LogP contribution < -0.4 is 16.0 Å². The maximum Gasteiger partial charge on any atom is 0.251 e. The number of hydrogen-bond acceptors (Lipinski definition) is 5. The van der Waals surface area contributed by atoms with Gasteiger partial charge in [0.25, 0.3) is 5.91 Å². The molecule has 1 aliphatic rings. The highest BCUT2D eigenvalue weighted by atomic mass is 16.3. The van der Waals surface area contributed by atoms with Gasteiger partial charge in [0.15, 0.2) is 0 Å². The molecule has 37 heavy (non-hydrogen) atoms. The van der Waals surface area contributed by atoms with E-state index in [0.717, 1.165) is 37.1 Å². The van der Waals surface area contributed by atoms with Crippen molar-refractivity contribution in [3.8, 4) is 0 Å². The van der Waals surface area contributed by atoms with Gasteiger partial charge in [-0.3, -0.25) is 4.79 Å². The molecule has 4 N–H and O–H groups in total. The number of aliphatic hydroxyl groups is 1. The quantitative estimate of drug-likeness (QED) is 0.392. The van der Waals surface area contributed by atoms with Crippen molar-refractivity contribution < 1.29 is 9.90 Å². The first-order valence-corrected chi connectivity index (χ1v) is 13.5. The first-order valence-electron chi connectivity index (χ1n) is 13.5. The fourth-order valence-electron chi connectivity index (χ4n) is 4.83. The van der Waals surface area contributed by atoms with E-state index < -0.39 is 12.1 Å². The van der Waals surface area contributed by atoms with Crippen molar-refractivity contribution in [3.05, 3.63) is 94.2 Å². The Bertz CT molecular complexity index is 1190. The Morgan fingerprint density at radius 1 is 1.05 bits per heavy atom. The Morgan fingerprint density at radius 3 is 2.70 bits per heavy atom. The molecule has 1 aliphatic heterocycles. The van der Waals surface area contributed by atoms with Crippen molar-refractivity contribution in [2.45, 2.75) is 71.1 Å². The fourth-order valence-corrected chi connectivity index (χ4v) is 4.83. The topological polar surface area (TPSA) is 86.3 Å². The second kappa shape index (κ2) is 12.8. The molecule has 0 spiro atoms. The van der Waals surface area contributed by atoms with E-state index >= 15 is 0 Å². The van der Waals surface area contributed by atoms with E-state index in [4.69, 9.17) is 0 Å². The lowest BCUT2D eigenvalue weighted by Crippen LogP contribution is -2.48. The molecular weight excluding hydrogens is 460 g/mol. The van der Waals surface area contributed by atoms with Crippen LogP contribution in [0.3, 0.4) is 0 Å². The van der Waals surface area contributed by atoms with Crippen molar-refractivity contribution >= 4 is 11.7 Å². The molecule has 6 nitrogen and oxygen atoms in total. The average Bonchev–Trinajstić information content (AvgIpc) is 2.88. The molecule has 1 amide bonds. The molecule has 0 unspecified atom stereocenters. The van der Waals surface area contributed by atoms with Gasteiger partial charge in [0.1, 0.15) is 5.82 Å². The number of aliphatic hydroxyl groups excluding tert-OH is 1. The smallest absolute Gasteiger partial charge is 0.251 e. The van der Waals surface area contributed by atoms with Crippen LogP contribution in [-0.2, 0) is 19.4 Å². The van der Waals surface area contributed by atoms with Gasteiger partial charge in [-0.25, -0.2) is 4.98 Å². The molecule has 4 rings (SSSR count). The van der Waals surface area contributed by atoms with Crippen LogP contribution in [0.15, 0.2) is 60.7 Å². The number of amides is 1. The predicted octanol–water partition coefficient (Wildman–Crippen LogP) is 4.75. The van der Waals surface area contributed by atoms with Gasteiger partial charge in [-0.05, 0) is 72.9 Å². The second-order valence-electron chi connectivity index (χ2n) is 10.5. The summed E-state index contributed by atoms with van der Waals surface area (Å²) in [6, 6.07) is 20.2. The van der Waals surface area contributed by atoms with E-state index in [9.17, 15) is 9.90 Å². The van der Waals surface area contributed by atoms with Crippen molar-refractivity contribution in [3.63, 3.8) is 0 Å². The molecule has 0 radical (unpaired) electrons. The number of aromatic nitrogens is 1. The third kappa shape index (κ3) is 7.88. The summed E-state index contributed by atoms with van der Waals surface area (Å²) in [4.78, 5) is 17.8. The summed E-state index contributed by atoms with van der Waals surface area (Å²) in [7, 11) is 0. The van der Waals surface area contributed by atoms with Crippen LogP contribution in [0.4, 0.5) is 5.82 Å². The molecule has 4 bridgehead atoms. The zero-order chi connectivity index (χ0) is 26.2. The third-order valence-electron chi connectivity index (χ3n) is 6.94. The highest BCUT2D eigenvalue weighted by Crippen LogP contribution is 2.17. The Balaban J connectivity index is 1.51. The summed E-state index contributed by atoms with van der Waals surface area (Å²) in [5, 5.41) is 21.1. The Hall–Kier alpha value is -3.22. The number of nitrogens with zero attached hydrogens (tertiary/aromatic N) is 1. The second-order valence-corrected chi connectivity index (χ2v) is 10.5. The van der Waals surface area contributed by atoms with Crippen molar-refractivity contribution in [1.29, 1.82) is 0 Å². The normalized spacial score (nSPS) is 17.3. The minimum Gasteiger partial charge on any atom is -0.390 e. The van der Waals surface area contributed by atoms with Gasteiger partial charge in [-0.1, -0.05) is 62.4 Å². The maximum absolute atomic E-state index is 13.3. The van der Waals surface area contributed by atoms with Gasteiger partial charge < -0.3 is 21.1 Å². The summed E-state index contributed by atoms with van der Waals surface area (Å²) in [5.41, 5.74) is 6.22. The summed E-state index contributed by atoms with van der Waals surface area (Å²) in [5.74, 6) is 0.981. The summed E-state index contributed by atoms with van der Waals surface area (Å²) < 4.78 is 0. The molecule has 2 heterocycles. The standard InChI is InChI=1S/C31H40N4O2/c1-21(2)26-12-7-11-25(16-26)19-32-20-29(36)28-17-24-10-6-9-23(15-24)8-4-5-13-33-30-18-27(31(37)35-28)14-22(3)34-30/h6-7,9-12,14-16,18,21,28-29,32,36H,4-5,8,13,17,19-20H2,1-3H3,(H,33,34)(H,35,37)/t28-,29+/m0/s1. The molecule has 6 heteroatoms. The number of carbonyl (C=O) groups is 1. The molecule has 0 aliphatic carbocycles. The number of benzene rings is 2. The van der Waals surface area contributed by atoms with Gasteiger partial charge in [0.05, 0.1) is 12.1 Å². The minimum atomic E-state index is -0.753. The van der Waals surface area contributed by atoms with Crippen LogP contribution in [0.1, 0.15) is 70.9 Å². The average molecular weight is 501 g/mol. The van der Waals surface area contributed by atoms with Crippen molar-refractivity contribution in [2.75, 3.05) is 18.4 Å². The molecule has 3 aromatic rings. The summed E-state index contributed by atoms with van der Waals surface area (Å²) >= 11 is 0. The summed E-state index contributed by atoms with van der Waals surface area (Å²) in [6.45, 7) is 8.11. The van der Waals surface area contributed by atoms with E-state index in [2.05, 4.69) is 83.3 Å². The molecule has 0 saturated carbocycles. The van der Waals surface area contributed by atoms with Crippen LogP contribution in [0.25, 0.3) is 0 Å². The van der Waals surface area contributed by atoms with E-state index in [1.54, 1.807) is 12.1 Å². The van der Waals surface area contributed by atoms with Gasteiger partial charge in [-0.15, -0.1) is 0 Å². The zero-order valence-corrected chi connectivity index (χ0v) is 22.3.